The van der Waals surface area contributed by atoms with Gasteiger partial charge in [0.1, 0.15) is 5.75 Å². The first kappa shape index (κ1) is 17.3. The molecule has 2 aliphatic rings. The number of nitrogens with zero attached hydrogens (tertiary/aromatic N) is 3. The van der Waals surface area contributed by atoms with Crippen LogP contribution in [0.15, 0.2) is 42.7 Å². The summed E-state index contributed by atoms with van der Waals surface area (Å²) >= 11 is 6.16. The number of carbonyl (C=O) groups is 1. The number of methoxy groups -OCH3 is 1. The smallest absolute Gasteiger partial charge is 0.255 e. The Balaban J connectivity index is 1.54. The first-order valence-electron chi connectivity index (χ1n) is 8.81. The van der Waals surface area contributed by atoms with Gasteiger partial charge < -0.3 is 9.64 Å². The van der Waals surface area contributed by atoms with Gasteiger partial charge >= 0.3 is 0 Å². The second-order valence-corrected chi connectivity index (χ2v) is 7.55. The zero-order chi connectivity index (χ0) is 18.3. The van der Waals surface area contributed by atoms with Gasteiger partial charge in [0.25, 0.3) is 5.91 Å². The molecule has 4 rings (SSSR count). The Morgan fingerprint density at radius 2 is 1.96 bits per heavy atom. The molecule has 2 aromatic rings. The van der Waals surface area contributed by atoms with Crippen LogP contribution in [0.2, 0.25) is 5.02 Å². The maximum absolute atomic E-state index is 12.9. The predicted octanol–water partition coefficient (Wildman–Crippen LogP) is 3.12. The Bertz CT molecular complexity index is 811. The normalized spacial score (nSPS) is 25.3. The van der Waals surface area contributed by atoms with Gasteiger partial charge in [0, 0.05) is 44.0 Å². The average Bonchev–Trinajstić information content (AvgIpc) is 3.18. The number of hydrogen-bond acceptors (Lipinski definition) is 4. The Morgan fingerprint density at radius 3 is 2.65 bits per heavy atom. The Kier molecular flexibility index (Phi) is 4.59. The van der Waals surface area contributed by atoms with Gasteiger partial charge in [-0.1, -0.05) is 23.7 Å². The van der Waals surface area contributed by atoms with Crippen LogP contribution in [0.1, 0.15) is 22.0 Å². The van der Waals surface area contributed by atoms with Crippen molar-refractivity contribution >= 4 is 17.5 Å². The van der Waals surface area contributed by atoms with Crippen LogP contribution in [-0.4, -0.2) is 54.5 Å². The lowest BCUT2D eigenvalue weighted by molar-refractivity contribution is 0.0768. The number of hydrogen-bond donors (Lipinski definition) is 0. The van der Waals surface area contributed by atoms with Crippen molar-refractivity contribution in [1.29, 1.82) is 0 Å². The number of pyridine rings is 1. The van der Waals surface area contributed by atoms with Crippen molar-refractivity contribution in [2.45, 2.75) is 6.04 Å². The van der Waals surface area contributed by atoms with E-state index in [9.17, 15) is 4.79 Å². The van der Waals surface area contributed by atoms with Crippen molar-refractivity contribution in [3.05, 3.63) is 58.9 Å². The van der Waals surface area contributed by atoms with E-state index < -0.39 is 0 Å². The van der Waals surface area contributed by atoms with Crippen molar-refractivity contribution in [3.8, 4) is 5.75 Å². The Hall–Kier alpha value is -2.11. The van der Waals surface area contributed by atoms with Gasteiger partial charge in [0.2, 0.25) is 0 Å². The summed E-state index contributed by atoms with van der Waals surface area (Å²) in [5.41, 5.74) is 1.81. The van der Waals surface area contributed by atoms with Crippen LogP contribution < -0.4 is 4.74 Å². The quantitative estimate of drug-likeness (QED) is 0.831. The van der Waals surface area contributed by atoms with Crippen molar-refractivity contribution in [3.63, 3.8) is 0 Å². The molecule has 0 saturated carbocycles. The molecule has 1 amide bonds. The van der Waals surface area contributed by atoms with Gasteiger partial charge in [-0.25, -0.2) is 0 Å². The monoisotopic (exact) mass is 371 g/mol. The first-order chi connectivity index (χ1) is 12.6. The third-order valence-corrected chi connectivity index (χ3v) is 5.94. The molecule has 2 aliphatic heterocycles. The van der Waals surface area contributed by atoms with Gasteiger partial charge in [0.05, 0.1) is 17.7 Å². The molecule has 0 bridgehead atoms. The summed E-state index contributed by atoms with van der Waals surface area (Å²) in [7, 11) is 3.84. The molecule has 2 saturated heterocycles. The summed E-state index contributed by atoms with van der Waals surface area (Å²) in [6.07, 6.45) is 3.14. The molecule has 136 valence electrons. The SMILES string of the molecule is COc1ccc([C@@H]2[C@@H]3CN(C(=O)c4ccncc4Cl)C[C@@H]3CN2C)cc1. The number of rotatable bonds is 3. The zero-order valence-electron chi connectivity index (χ0n) is 14.9. The lowest BCUT2D eigenvalue weighted by atomic mass is 9.89. The molecule has 3 heterocycles. The highest BCUT2D eigenvalue weighted by Gasteiger charge is 2.47. The largest absolute Gasteiger partial charge is 0.497 e. The summed E-state index contributed by atoms with van der Waals surface area (Å²) < 4.78 is 5.27. The lowest BCUT2D eigenvalue weighted by Gasteiger charge is -2.27. The molecule has 3 atom stereocenters. The molecule has 0 spiro atoms. The summed E-state index contributed by atoms with van der Waals surface area (Å²) in [6, 6.07) is 10.3. The third kappa shape index (κ3) is 2.95. The maximum atomic E-state index is 12.9. The number of aromatic nitrogens is 1. The highest BCUT2D eigenvalue weighted by Crippen LogP contribution is 2.44. The van der Waals surface area contributed by atoms with Gasteiger partial charge in [-0.15, -0.1) is 0 Å². The minimum atomic E-state index is 0.00272. The fourth-order valence-corrected chi connectivity index (χ4v) is 4.65. The number of fused-ring (bicyclic) bond motifs is 1. The zero-order valence-corrected chi connectivity index (χ0v) is 15.7. The summed E-state index contributed by atoms with van der Waals surface area (Å²) in [5, 5.41) is 0.415. The lowest BCUT2D eigenvalue weighted by Crippen LogP contribution is -2.33. The highest BCUT2D eigenvalue weighted by atomic mass is 35.5. The maximum Gasteiger partial charge on any atom is 0.255 e. The number of ether oxygens (including phenoxy) is 1. The molecule has 0 unspecified atom stereocenters. The molecule has 26 heavy (non-hydrogen) atoms. The fraction of sp³-hybridized carbons (Fsp3) is 0.400. The highest BCUT2D eigenvalue weighted by molar-refractivity contribution is 6.33. The van der Waals surface area contributed by atoms with Crippen molar-refractivity contribution in [2.24, 2.45) is 11.8 Å². The van der Waals surface area contributed by atoms with Gasteiger partial charge in [-0.2, -0.15) is 0 Å². The number of carbonyl (C=O) groups excluding carboxylic acids is 1. The summed E-state index contributed by atoms with van der Waals surface area (Å²) in [5.74, 6) is 1.78. The molecule has 1 aromatic heterocycles. The van der Waals surface area contributed by atoms with Crippen molar-refractivity contribution < 1.29 is 9.53 Å². The average molecular weight is 372 g/mol. The molecular weight excluding hydrogens is 350 g/mol. The van der Waals surface area contributed by atoms with Crippen molar-refractivity contribution in [2.75, 3.05) is 33.8 Å². The van der Waals surface area contributed by atoms with E-state index in [2.05, 4.69) is 29.1 Å². The molecule has 0 aliphatic carbocycles. The molecule has 0 radical (unpaired) electrons. The molecule has 2 fully saturated rings. The minimum Gasteiger partial charge on any atom is -0.497 e. The molecule has 5 nitrogen and oxygen atoms in total. The van der Waals surface area contributed by atoms with Crippen LogP contribution in [0.3, 0.4) is 0 Å². The van der Waals surface area contributed by atoms with E-state index in [1.54, 1.807) is 19.4 Å². The van der Waals surface area contributed by atoms with Crippen molar-refractivity contribution in [1.82, 2.24) is 14.8 Å². The molecule has 6 heteroatoms. The van der Waals surface area contributed by atoms with E-state index in [1.165, 1.54) is 11.8 Å². The predicted molar refractivity (Wildman–Crippen MR) is 100 cm³/mol. The van der Waals surface area contributed by atoms with E-state index in [0.29, 0.717) is 28.5 Å². The van der Waals surface area contributed by atoms with E-state index >= 15 is 0 Å². The van der Waals surface area contributed by atoms with Gasteiger partial charge in [-0.05, 0) is 36.7 Å². The number of likely N-dealkylation sites (tertiary alicyclic amines) is 2. The van der Waals surface area contributed by atoms with E-state index in [4.69, 9.17) is 16.3 Å². The summed E-state index contributed by atoms with van der Waals surface area (Å²) in [6.45, 7) is 2.53. The Labute approximate surface area is 158 Å². The molecular formula is C20H22ClN3O2. The van der Waals surface area contributed by atoms with Gasteiger partial charge in [-0.3, -0.25) is 14.7 Å². The van der Waals surface area contributed by atoms with E-state index in [-0.39, 0.29) is 5.91 Å². The summed E-state index contributed by atoms with van der Waals surface area (Å²) in [4.78, 5) is 21.2. The third-order valence-electron chi connectivity index (χ3n) is 5.64. The number of halogens is 1. The molecule has 1 aromatic carbocycles. The standard InChI is InChI=1S/C20H22ClN3O2/c1-23-10-14-11-24(20(25)16-7-8-22-9-18(16)21)12-17(14)19(23)13-3-5-15(26-2)6-4-13/h3-9,14,17,19H,10-12H2,1-2H3/t14-,17+,19+/m0/s1. The number of benzene rings is 1. The molecule has 0 N–H and O–H groups in total. The second kappa shape index (κ2) is 6.89. The van der Waals surface area contributed by atoms with Crippen LogP contribution in [-0.2, 0) is 0 Å². The number of amides is 1. The van der Waals surface area contributed by atoms with Gasteiger partial charge in [0.15, 0.2) is 0 Å². The van der Waals surface area contributed by atoms with Crippen LogP contribution in [0.4, 0.5) is 0 Å². The van der Waals surface area contributed by atoms with Crippen LogP contribution >= 0.6 is 11.6 Å². The van der Waals surface area contributed by atoms with Crippen LogP contribution in [0.25, 0.3) is 0 Å². The Morgan fingerprint density at radius 1 is 1.19 bits per heavy atom. The van der Waals surface area contributed by atoms with Crippen LogP contribution in [0, 0.1) is 11.8 Å². The second-order valence-electron chi connectivity index (χ2n) is 7.15. The van der Waals surface area contributed by atoms with E-state index in [1.807, 2.05) is 17.0 Å². The topological polar surface area (TPSA) is 45.7 Å². The first-order valence-corrected chi connectivity index (χ1v) is 9.19. The minimum absolute atomic E-state index is 0.00272. The van der Waals surface area contributed by atoms with Crippen LogP contribution in [0.5, 0.6) is 5.75 Å². The fourth-order valence-electron chi connectivity index (χ4n) is 4.45. The van der Waals surface area contributed by atoms with E-state index in [0.717, 1.165) is 25.4 Å².